The van der Waals surface area contributed by atoms with Crippen LogP contribution < -0.4 is 10.1 Å². The predicted molar refractivity (Wildman–Crippen MR) is 64.5 cm³/mol. The fourth-order valence-corrected chi connectivity index (χ4v) is 1.81. The van der Waals surface area contributed by atoms with Gasteiger partial charge in [-0.2, -0.15) is 0 Å². The molecule has 0 radical (unpaired) electrons. The first-order valence-corrected chi connectivity index (χ1v) is 5.59. The SMILES string of the molecule is CNC(C)CC(C)c1ccc(OC)cc1F. The highest BCUT2D eigenvalue weighted by Crippen LogP contribution is 2.26. The van der Waals surface area contributed by atoms with E-state index in [-0.39, 0.29) is 11.7 Å². The van der Waals surface area contributed by atoms with Crippen LogP contribution >= 0.6 is 0 Å². The van der Waals surface area contributed by atoms with Crippen molar-refractivity contribution >= 4 is 0 Å². The molecule has 3 heteroatoms. The zero-order valence-electron chi connectivity index (χ0n) is 10.4. The van der Waals surface area contributed by atoms with Crippen LogP contribution in [0.5, 0.6) is 5.75 Å². The molecule has 0 fully saturated rings. The van der Waals surface area contributed by atoms with Crippen molar-refractivity contribution in [2.45, 2.75) is 32.2 Å². The molecule has 0 aliphatic carbocycles. The molecule has 1 rings (SSSR count). The average Bonchev–Trinajstić information content (AvgIpc) is 2.28. The molecule has 0 aliphatic heterocycles. The first-order chi connectivity index (χ1) is 7.58. The Morgan fingerprint density at radius 1 is 1.38 bits per heavy atom. The van der Waals surface area contributed by atoms with Crippen LogP contribution in [0.1, 0.15) is 31.7 Å². The average molecular weight is 225 g/mol. The van der Waals surface area contributed by atoms with Gasteiger partial charge in [-0.15, -0.1) is 0 Å². The van der Waals surface area contributed by atoms with Gasteiger partial charge in [-0.1, -0.05) is 13.0 Å². The molecule has 0 bridgehead atoms. The van der Waals surface area contributed by atoms with Gasteiger partial charge in [-0.25, -0.2) is 4.39 Å². The smallest absolute Gasteiger partial charge is 0.130 e. The first-order valence-electron chi connectivity index (χ1n) is 5.59. The summed E-state index contributed by atoms with van der Waals surface area (Å²) >= 11 is 0. The van der Waals surface area contributed by atoms with Gasteiger partial charge in [0.1, 0.15) is 11.6 Å². The van der Waals surface area contributed by atoms with Crippen LogP contribution in [0.3, 0.4) is 0 Å². The Labute approximate surface area is 96.8 Å². The molecule has 0 heterocycles. The Hall–Kier alpha value is -1.09. The Bertz CT molecular complexity index is 341. The minimum absolute atomic E-state index is 0.185. The Morgan fingerprint density at radius 3 is 2.56 bits per heavy atom. The summed E-state index contributed by atoms with van der Waals surface area (Å²) in [5.41, 5.74) is 0.753. The van der Waals surface area contributed by atoms with Crippen LogP contribution in [0.2, 0.25) is 0 Å². The van der Waals surface area contributed by atoms with Gasteiger partial charge in [0.15, 0.2) is 0 Å². The van der Waals surface area contributed by atoms with Gasteiger partial charge in [-0.05, 0) is 37.9 Å². The second-order valence-corrected chi connectivity index (χ2v) is 4.21. The summed E-state index contributed by atoms with van der Waals surface area (Å²) in [5.74, 6) is 0.582. The number of hydrogen-bond acceptors (Lipinski definition) is 2. The lowest BCUT2D eigenvalue weighted by atomic mass is 9.94. The Balaban J connectivity index is 2.79. The van der Waals surface area contributed by atoms with Crippen molar-refractivity contribution in [3.63, 3.8) is 0 Å². The molecule has 0 aromatic heterocycles. The van der Waals surface area contributed by atoms with E-state index in [0.717, 1.165) is 12.0 Å². The quantitative estimate of drug-likeness (QED) is 0.832. The lowest BCUT2D eigenvalue weighted by Gasteiger charge is -2.18. The number of halogens is 1. The maximum atomic E-state index is 13.7. The van der Waals surface area contributed by atoms with E-state index in [2.05, 4.69) is 12.2 Å². The Kier molecular flexibility index (Phi) is 4.74. The minimum atomic E-state index is -0.185. The first kappa shape index (κ1) is 13.0. The van der Waals surface area contributed by atoms with Gasteiger partial charge in [0, 0.05) is 12.1 Å². The van der Waals surface area contributed by atoms with Crippen molar-refractivity contribution in [2.75, 3.05) is 14.2 Å². The van der Waals surface area contributed by atoms with Crippen molar-refractivity contribution < 1.29 is 9.13 Å². The van der Waals surface area contributed by atoms with E-state index >= 15 is 0 Å². The zero-order chi connectivity index (χ0) is 12.1. The number of hydrogen-bond donors (Lipinski definition) is 1. The molecule has 1 aromatic carbocycles. The van der Waals surface area contributed by atoms with Crippen LogP contribution in [0, 0.1) is 5.82 Å². The summed E-state index contributed by atoms with van der Waals surface area (Å²) in [6.45, 7) is 4.14. The Morgan fingerprint density at radius 2 is 2.06 bits per heavy atom. The fourth-order valence-electron chi connectivity index (χ4n) is 1.81. The number of ether oxygens (including phenoxy) is 1. The van der Waals surface area contributed by atoms with Crippen molar-refractivity contribution in [2.24, 2.45) is 0 Å². The highest BCUT2D eigenvalue weighted by atomic mass is 19.1. The fraction of sp³-hybridized carbons (Fsp3) is 0.538. The molecule has 1 N–H and O–H groups in total. The van der Waals surface area contributed by atoms with Crippen molar-refractivity contribution in [1.29, 1.82) is 0 Å². The van der Waals surface area contributed by atoms with Crippen molar-refractivity contribution in [3.05, 3.63) is 29.6 Å². The molecular weight excluding hydrogens is 205 g/mol. The molecule has 0 saturated carbocycles. The van der Waals surface area contributed by atoms with E-state index in [9.17, 15) is 4.39 Å². The van der Waals surface area contributed by atoms with Crippen LogP contribution in [0.4, 0.5) is 4.39 Å². The molecular formula is C13H20FNO. The van der Waals surface area contributed by atoms with Gasteiger partial charge < -0.3 is 10.1 Å². The third kappa shape index (κ3) is 3.20. The summed E-state index contributed by atoms with van der Waals surface area (Å²) in [6, 6.07) is 5.44. The third-order valence-electron chi connectivity index (χ3n) is 2.94. The molecule has 2 unspecified atom stereocenters. The molecule has 0 amide bonds. The molecule has 2 nitrogen and oxygen atoms in total. The van der Waals surface area contributed by atoms with Gasteiger partial charge >= 0.3 is 0 Å². The minimum Gasteiger partial charge on any atom is -0.497 e. The third-order valence-corrected chi connectivity index (χ3v) is 2.94. The van der Waals surface area contributed by atoms with Crippen molar-refractivity contribution in [3.8, 4) is 5.75 Å². The largest absolute Gasteiger partial charge is 0.497 e. The van der Waals surface area contributed by atoms with Crippen LogP contribution in [0.25, 0.3) is 0 Å². The second kappa shape index (κ2) is 5.85. The highest BCUT2D eigenvalue weighted by molar-refractivity contribution is 5.30. The lowest BCUT2D eigenvalue weighted by molar-refractivity contribution is 0.409. The molecule has 90 valence electrons. The number of rotatable bonds is 5. The maximum Gasteiger partial charge on any atom is 0.130 e. The van der Waals surface area contributed by atoms with Gasteiger partial charge in [0.25, 0.3) is 0 Å². The predicted octanol–water partition coefficient (Wildman–Crippen LogP) is 2.94. The summed E-state index contributed by atoms with van der Waals surface area (Å²) in [5, 5.41) is 3.16. The lowest BCUT2D eigenvalue weighted by Crippen LogP contribution is -2.23. The highest BCUT2D eigenvalue weighted by Gasteiger charge is 2.14. The number of nitrogens with one attached hydrogen (secondary N) is 1. The zero-order valence-corrected chi connectivity index (χ0v) is 10.4. The number of methoxy groups -OCH3 is 1. The molecule has 1 aromatic rings. The van der Waals surface area contributed by atoms with E-state index in [1.807, 2.05) is 14.0 Å². The summed E-state index contributed by atoms with van der Waals surface area (Å²) in [6.07, 6.45) is 0.916. The van der Waals surface area contributed by atoms with Gasteiger partial charge in [0.05, 0.1) is 7.11 Å². The van der Waals surface area contributed by atoms with E-state index in [0.29, 0.717) is 11.8 Å². The standard InChI is InChI=1S/C13H20FNO/c1-9(7-10(2)15-3)12-6-5-11(16-4)8-13(12)14/h5-6,8-10,15H,7H2,1-4H3. The van der Waals surface area contributed by atoms with E-state index < -0.39 is 0 Å². The summed E-state index contributed by atoms with van der Waals surface area (Å²) in [7, 11) is 3.46. The molecule has 0 spiro atoms. The molecule has 2 atom stereocenters. The molecule has 0 saturated heterocycles. The van der Waals surface area contributed by atoms with Crippen LogP contribution in [0.15, 0.2) is 18.2 Å². The van der Waals surface area contributed by atoms with Crippen LogP contribution in [-0.2, 0) is 0 Å². The second-order valence-electron chi connectivity index (χ2n) is 4.21. The molecule has 0 aliphatic rings. The van der Waals surface area contributed by atoms with Gasteiger partial charge in [0.2, 0.25) is 0 Å². The van der Waals surface area contributed by atoms with Crippen molar-refractivity contribution in [1.82, 2.24) is 5.32 Å². The topological polar surface area (TPSA) is 21.3 Å². The normalized spacial score (nSPS) is 14.6. The summed E-state index contributed by atoms with van der Waals surface area (Å²) in [4.78, 5) is 0. The monoisotopic (exact) mass is 225 g/mol. The number of benzene rings is 1. The van der Waals surface area contributed by atoms with Crippen LogP contribution in [-0.4, -0.2) is 20.2 Å². The van der Waals surface area contributed by atoms with E-state index in [4.69, 9.17) is 4.74 Å². The van der Waals surface area contributed by atoms with E-state index in [1.54, 1.807) is 19.2 Å². The molecule has 16 heavy (non-hydrogen) atoms. The maximum absolute atomic E-state index is 13.7. The van der Waals surface area contributed by atoms with E-state index in [1.165, 1.54) is 6.07 Å². The van der Waals surface area contributed by atoms with Gasteiger partial charge in [-0.3, -0.25) is 0 Å². The summed E-state index contributed by atoms with van der Waals surface area (Å²) < 4.78 is 18.7.